The van der Waals surface area contributed by atoms with Crippen molar-refractivity contribution in [2.75, 3.05) is 5.32 Å². The zero-order valence-electron chi connectivity index (χ0n) is 15.1. The van der Waals surface area contributed by atoms with Crippen molar-refractivity contribution < 1.29 is 9.59 Å². The van der Waals surface area contributed by atoms with E-state index in [9.17, 15) is 14.4 Å². The van der Waals surface area contributed by atoms with Gasteiger partial charge < -0.3 is 5.32 Å². The van der Waals surface area contributed by atoms with E-state index in [1.807, 2.05) is 0 Å². The molecular formula is C21H15BrClN3O3. The van der Waals surface area contributed by atoms with Gasteiger partial charge in [0.15, 0.2) is 5.78 Å². The van der Waals surface area contributed by atoms with Crippen LogP contribution in [0.2, 0.25) is 5.02 Å². The molecule has 0 atom stereocenters. The zero-order chi connectivity index (χ0) is 20.5. The maximum absolute atomic E-state index is 13.2. The van der Waals surface area contributed by atoms with Gasteiger partial charge in [-0.25, -0.2) is 4.98 Å². The van der Waals surface area contributed by atoms with Gasteiger partial charge in [0.25, 0.3) is 11.5 Å². The highest BCUT2D eigenvalue weighted by Crippen LogP contribution is 2.24. The van der Waals surface area contributed by atoms with Crippen LogP contribution in [-0.2, 0) is 6.42 Å². The molecule has 0 bridgehead atoms. The minimum Gasteiger partial charge on any atom is -0.306 e. The average molecular weight is 473 g/mol. The van der Waals surface area contributed by atoms with E-state index in [2.05, 4.69) is 26.2 Å². The maximum atomic E-state index is 13.2. The lowest BCUT2D eigenvalue weighted by molar-refractivity contribution is 0.0971. The minimum absolute atomic E-state index is 0.0789. The molecule has 4 rings (SSSR count). The third-order valence-electron chi connectivity index (χ3n) is 4.72. The lowest BCUT2D eigenvalue weighted by Gasteiger charge is -2.21. The molecule has 0 fully saturated rings. The molecule has 0 aliphatic heterocycles. The summed E-state index contributed by atoms with van der Waals surface area (Å²) in [5.41, 5.74) is 0.974. The van der Waals surface area contributed by atoms with Crippen molar-refractivity contribution in [3.8, 4) is 5.69 Å². The van der Waals surface area contributed by atoms with Gasteiger partial charge in [0.05, 0.1) is 0 Å². The Balaban J connectivity index is 1.85. The molecule has 2 heterocycles. The van der Waals surface area contributed by atoms with Crippen LogP contribution in [0.25, 0.3) is 5.69 Å². The highest BCUT2D eigenvalue weighted by molar-refractivity contribution is 9.10. The van der Waals surface area contributed by atoms with Crippen molar-refractivity contribution in [2.45, 2.75) is 19.3 Å². The standard InChI is InChI=1S/C21H15BrClN3O3/c22-12-4-9-19(24-11-12)25-20(28)16-10-15-17(2-1-3-18(15)27)26(21(16)29)14-7-5-13(23)6-8-14/h4-11H,1-3H2,(H,24,25,28). The zero-order valence-corrected chi connectivity index (χ0v) is 17.5. The number of anilines is 1. The summed E-state index contributed by atoms with van der Waals surface area (Å²) < 4.78 is 2.20. The second-order valence-electron chi connectivity index (χ2n) is 6.63. The van der Waals surface area contributed by atoms with Gasteiger partial charge in [-0.15, -0.1) is 0 Å². The van der Waals surface area contributed by atoms with Crippen LogP contribution in [0.1, 0.15) is 39.3 Å². The molecule has 29 heavy (non-hydrogen) atoms. The number of amides is 1. The van der Waals surface area contributed by atoms with Gasteiger partial charge in [-0.1, -0.05) is 11.6 Å². The quantitative estimate of drug-likeness (QED) is 0.612. The van der Waals surface area contributed by atoms with E-state index >= 15 is 0 Å². The lowest BCUT2D eigenvalue weighted by Crippen LogP contribution is -2.33. The summed E-state index contributed by atoms with van der Waals surface area (Å²) in [7, 11) is 0. The predicted octanol–water partition coefficient (Wildman–Crippen LogP) is 4.42. The number of aromatic nitrogens is 2. The molecule has 8 heteroatoms. The van der Waals surface area contributed by atoms with Crippen LogP contribution in [-0.4, -0.2) is 21.2 Å². The Labute approximate surface area is 179 Å². The average Bonchev–Trinajstić information content (AvgIpc) is 2.70. The molecule has 0 saturated heterocycles. The molecule has 146 valence electrons. The van der Waals surface area contributed by atoms with Crippen LogP contribution in [0.15, 0.2) is 57.9 Å². The van der Waals surface area contributed by atoms with E-state index < -0.39 is 11.5 Å². The molecule has 1 aromatic carbocycles. The first-order valence-corrected chi connectivity index (χ1v) is 10.1. The fourth-order valence-electron chi connectivity index (χ4n) is 3.35. The molecule has 1 amide bonds. The summed E-state index contributed by atoms with van der Waals surface area (Å²) in [5, 5.41) is 3.15. The number of nitrogens with zero attached hydrogens (tertiary/aromatic N) is 2. The number of carbonyl (C=O) groups is 2. The summed E-state index contributed by atoms with van der Waals surface area (Å²) in [6, 6.07) is 11.5. The van der Waals surface area contributed by atoms with E-state index in [1.165, 1.54) is 16.8 Å². The van der Waals surface area contributed by atoms with E-state index in [4.69, 9.17) is 11.6 Å². The molecular weight excluding hydrogens is 458 g/mol. The highest BCUT2D eigenvalue weighted by Gasteiger charge is 2.26. The molecule has 0 saturated carbocycles. The largest absolute Gasteiger partial charge is 0.306 e. The van der Waals surface area contributed by atoms with E-state index in [1.54, 1.807) is 36.4 Å². The van der Waals surface area contributed by atoms with Gasteiger partial charge in [0.2, 0.25) is 0 Å². The number of pyridine rings is 2. The molecule has 0 spiro atoms. The second kappa shape index (κ2) is 7.93. The predicted molar refractivity (Wildman–Crippen MR) is 114 cm³/mol. The van der Waals surface area contributed by atoms with Crippen LogP contribution in [0.3, 0.4) is 0 Å². The number of Topliss-reactive ketones (excluding diaryl/α,β-unsaturated/α-hetero) is 1. The van der Waals surface area contributed by atoms with Crippen molar-refractivity contribution in [3.63, 3.8) is 0 Å². The van der Waals surface area contributed by atoms with Gasteiger partial charge in [0, 0.05) is 39.1 Å². The third-order valence-corrected chi connectivity index (χ3v) is 5.44. The van der Waals surface area contributed by atoms with Gasteiger partial charge in [-0.2, -0.15) is 0 Å². The fourth-order valence-corrected chi connectivity index (χ4v) is 3.71. The second-order valence-corrected chi connectivity index (χ2v) is 7.98. The number of halogens is 2. The van der Waals surface area contributed by atoms with Crippen LogP contribution < -0.4 is 10.9 Å². The van der Waals surface area contributed by atoms with Crippen molar-refractivity contribution in [1.82, 2.24) is 9.55 Å². The van der Waals surface area contributed by atoms with Crippen molar-refractivity contribution in [3.05, 3.63) is 85.3 Å². The molecule has 3 aromatic rings. The van der Waals surface area contributed by atoms with Gasteiger partial charge >= 0.3 is 0 Å². The number of hydrogen-bond acceptors (Lipinski definition) is 4. The topological polar surface area (TPSA) is 81.1 Å². The number of fused-ring (bicyclic) bond motifs is 1. The molecule has 1 N–H and O–H groups in total. The SMILES string of the molecule is O=C1CCCc2c1cc(C(=O)Nc1ccc(Br)cn1)c(=O)n2-c1ccc(Cl)cc1. The van der Waals surface area contributed by atoms with Crippen molar-refractivity contribution in [2.24, 2.45) is 0 Å². The Hall–Kier alpha value is -2.77. The van der Waals surface area contributed by atoms with E-state index in [-0.39, 0.29) is 11.3 Å². The number of hydrogen-bond donors (Lipinski definition) is 1. The van der Waals surface area contributed by atoms with Crippen molar-refractivity contribution >= 4 is 45.0 Å². The number of carbonyl (C=O) groups excluding carboxylic acids is 2. The first-order valence-electron chi connectivity index (χ1n) is 8.95. The molecule has 0 radical (unpaired) electrons. The first kappa shape index (κ1) is 19.5. The summed E-state index contributed by atoms with van der Waals surface area (Å²) in [6.07, 6.45) is 3.17. The molecule has 2 aromatic heterocycles. The van der Waals surface area contributed by atoms with Crippen LogP contribution in [0, 0.1) is 0 Å². The minimum atomic E-state index is -0.617. The lowest BCUT2D eigenvalue weighted by atomic mass is 9.92. The van der Waals surface area contributed by atoms with E-state index in [0.717, 1.165) is 4.47 Å². The normalized spacial score (nSPS) is 13.1. The highest BCUT2D eigenvalue weighted by atomic mass is 79.9. The summed E-state index contributed by atoms with van der Waals surface area (Å²) in [4.78, 5) is 42.7. The van der Waals surface area contributed by atoms with E-state index in [0.29, 0.717) is 47.0 Å². The van der Waals surface area contributed by atoms with Gasteiger partial charge in [-0.05, 0) is 71.2 Å². The van der Waals surface area contributed by atoms with Crippen LogP contribution >= 0.6 is 27.5 Å². The van der Waals surface area contributed by atoms with Crippen molar-refractivity contribution in [1.29, 1.82) is 0 Å². The Morgan fingerprint density at radius 3 is 2.55 bits per heavy atom. The molecule has 6 nitrogen and oxygen atoms in total. The van der Waals surface area contributed by atoms with Crippen LogP contribution in [0.5, 0.6) is 0 Å². The molecule has 1 aliphatic carbocycles. The Morgan fingerprint density at radius 2 is 1.86 bits per heavy atom. The summed E-state index contributed by atoms with van der Waals surface area (Å²) in [6.45, 7) is 0. The van der Waals surface area contributed by atoms with Gasteiger partial charge in [0.1, 0.15) is 11.4 Å². The Kier molecular flexibility index (Phi) is 5.34. The number of nitrogens with one attached hydrogen (secondary N) is 1. The fraction of sp³-hybridized carbons (Fsp3) is 0.143. The number of ketones is 1. The summed E-state index contributed by atoms with van der Waals surface area (Å²) >= 11 is 9.25. The number of benzene rings is 1. The number of rotatable bonds is 3. The monoisotopic (exact) mass is 471 g/mol. The Morgan fingerprint density at radius 1 is 1.10 bits per heavy atom. The molecule has 0 unspecified atom stereocenters. The maximum Gasteiger partial charge on any atom is 0.268 e. The first-order chi connectivity index (χ1) is 13.9. The third kappa shape index (κ3) is 3.88. The molecule has 1 aliphatic rings. The Bertz CT molecular complexity index is 1170. The smallest absolute Gasteiger partial charge is 0.268 e. The summed E-state index contributed by atoms with van der Waals surface area (Å²) in [5.74, 6) is -0.391. The van der Waals surface area contributed by atoms with Gasteiger partial charge in [-0.3, -0.25) is 19.0 Å². The van der Waals surface area contributed by atoms with Crippen LogP contribution in [0.4, 0.5) is 5.82 Å².